The molecule has 6 heteroatoms. The van der Waals surface area contributed by atoms with Crippen LogP contribution in [-0.4, -0.2) is 30.6 Å². The molecule has 0 spiro atoms. The van der Waals surface area contributed by atoms with Gasteiger partial charge < -0.3 is 15.0 Å². The second kappa shape index (κ2) is 6.85. The molecule has 0 bridgehead atoms. The number of anilines is 2. The number of hydrogen-bond acceptors (Lipinski definition) is 5. The summed E-state index contributed by atoms with van der Waals surface area (Å²) in [5.74, 6) is 0.788. The summed E-state index contributed by atoms with van der Waals surface area (Å²) in [4.78, 5) is 19.8. The summed E-state index contributed by atoms with van der Waals surface area (Å²) in [6.45, 7) is 2.87. The summed E-state index contributed by atoms with van der Waals surface area (Å²) < 4.78 is 6.66. The van der Waals surface area contributed by atoms with Crippen molar-refractivity contribution in [1.29, 1.82) is 0 Å². The number of nitrogens with zero attached hydrogens (tertiary/aromatic N) is 2. The van der Waals surface area contributed by atoms with Crippen LogP contribution in [0, 0.1) is 0 Å². The topological polar surface area (TPSA) is 54.5 Å². The second-order valence-electron chi connectivity index (χ2n) is 7.10. The molecule has 3 heterocycles. The molecule has 1 saturated heterocycles. The molecule has 0 saturated carbocycles. The van der Waals surface area contributed by atoms with E-state index in [1.54, 1.807) is 11.3 Å². The molecule has 1 fully saturated rings. The Kier molecular flexibility index (Phi) is 4.20. The largest absolute Gasteiger partial charge is 0.493 e. The van der Waals surface area contributed by atoms with E-state index in [2.05, 4.69) is 10.2 Å². The zero-order valence-electron chi connectivity index (χ0n) is 15.0. The summed E-state index contributed by atoms with van der Waals surface area (Å²) >= 11 is 1.73. The van der Waals surface area contributed by atoms with E-state index < -0.39 is 0 Å². The Balaban J connectivity index is 1.36. The van der Waals surface area contributed by atoms with E-state index in [-0.39, 0.29) is 5.91 Å². The lowest BCUT2D eigenvalue weighted by molar-refractivity contribution is 0.102. The first-order valence-electron chi connectivity index (χ1n) is 9.49. The number of benzene rings is 2. The molecular formula is C21H21N3O2S. The van der Waals surface area contributed by atoms with Crippen LogP contribution >= 0.6 is 11.3 Å². The van der Waals surface area contributed by atoms with Crippen molar-refractivity contribution in [3.63, 3.8) is 0 Å². The lowest BCUT2D eigenvalue weighted by atomic mass is 10.1. The fourth-order valence-electron chi connectivity index (χ4n) is 3.74. The van der Waals surface area contributed by atoms with E-state index in [1.165, 1.54) is 19.3 Å². The molecule has 5 rings (SSSR count). The van der Waals surface area contributed by atoms with Gasteiger partial charge in [0.25, 0.3) is 5.91 Å². The van der Waals surface area contributed by atoms with E-state index >= 15 is 0 Å². The minimum absolute atomic E-state index is 0.101. The first kappa shape index (κ1) is 16.6. The van der Waals surface area contributed by atoms with Crippen molar-refractivity contribution >= 4 is 38.3 Å². The van der Waals surface area contributed by atoms with Gasteiger partial charge in [0.15, 0.2) is 5.13 Å². The summed E-state index contributed by atoms with van der Waals surface area (Å²) in [6.07, 6.45) is 4.65. The first-order chi connectivity index (χ1) is 13.3. The van der Waals surface area contributed by atoms with Crippen LogP contribution in [0.5, 0.6) is 5.75 Å². The quantitative estimate of drug-likeness (QED) is 0.729. The number of amides is 1. The lowest BCUT2D eigenvalue weighted by Gasteiger charge is -2.25. The Labute approximate surface area is 162 Å². The molecule has 27 heavy (non-hydrogen) atoms. The number of carbonyl (C=O) groups is 1. The Morgan fingerprint density at radius 1 is 1.11 bits per heavy atom. The van der Waals surface area contributed by atoms with Gasteiger partial charge in [0.1, 0.15) is 5.75 Å². The van der Waals surface area contributed by atoms with Gasteiger partial charge in [-0.1, -0.05) is 11.3 Å². The molecule has 3 aromatic rings. The van der Waals surface area contributed by atoms with Crippen LogP contribution in [0.4, 0.5) is 10.8 Å². The third kappa shape index (κ3) is 3.25. The molecule has 138 valence electrons. The van der Waals surface area contributed by atoms with E-state index in [0.29, 0.717) is 12.2 Å². The molecule has 2 aliphatic heterocycles. The maximum Gasteiger partial charge on any atom is 0.255 e. The van der Waals surface area contributed by atoms with Crippen molar-refractivity contribution in [1.82, 2.24) is 4.98 Å². The van der Waals surface area contributed by atoms with Gasteiger partial charge in [0.2, 0.25) is 0 Å². The number of carbonyl (C=O) groups excluding carboxylic acids is 1. The van der Waals surface area contributed by atoms with Gasteiger partial charge >= 0.3 is 0 Å². The number of nitrogens with one attached hydrogen (secondary N) is 1. The highest BCUT2D eigenvalue weighted by atomic mass is 32.1. The number of thiazole rings is 1. The molecule has 0 aliphatic carbocycles. The maximum absolute atomic E-state index is 12.6. The van der Waals surface area contributed by atoms with Gasteiger partial charge in [0, 0.05) is 30.8 Å². The highest BCUT2D eigenvalue weighted by Gasteiger charge is 2.17. The van der Waals surface area contributed by atoms with Crippen LogP contribution in [-0.2, 0) is 6.42 Å². The third-order valence-corrected chi connectivity index (χ3v) is 6.31. The Morgan fingerprint density at radius 2 is 2.00 bits per heavy atom. The molecule has 2 aliphatic rings. The van der Waals surface area contributed by atoms with E-state index in [1.807, 2.05) is 36.4 Å². The zero-order valence-corrected chi connectivity index (χ0v) is 15.8. The molecule has 5 nitrogen and oxygen atoms in total. The van der Waals surface area contributed by atoms with Crippen LogP contribution in [0.2, 0.25) is 0 Å². The number of piperidine rings is 1. The van der Waals surface area contributed by atoms with E-state index in [4.69, 9.17) is 9.72 Å². The maximum atomic E-state index is 12.6. The van der Waals surface area contributed by atoms with Gasteiger partial charge in [-0.15, -0.1) is 0 Å². The summed E-state index contributed by atoms with van der Waals surface area (Å²) in [6, 6.07) is 11.6. The minimum Gasteiger partial charge on any atom is -0.493 e. The number of ether oxygens (including phenoxy) is 1. The van der Waals surface area contributed by atoms with Gasteiger partial charge in [-0.2, -0.15) is 0 Å². The van der Waals surface area contributed by atoms with Crippen molar-refractivity contribution in [3.05, 3.63) is 47.5 Å². The number of aromatic nitrogens is 1. The van der Waals surface area contributed by atoms with Gasteiger partial charge in [-0.25, -0.2) is 4.98 Å². The molecule has 1 N–H and O–H groups in total. The van der Waals surface area contributed by atoms with Crippen LogP contribution < -0.4 is 15.0 Å². The number of fused-ring (bicyclic) bond motifs is 2. The lowest BCUT2D eigenvalue weighted by Crippen LogP contribution is -2.29. The Bertz CT molecular complexity index is 1010. The highest BCUT2D eigenvalue weighted by Crippen LogP contribution is 2.32. The minimum atomic E-state index is -0.101. The summed E-state index contributed by atoms with van der Waals surface area (Å²) in [7, 11) is 0. The molecule has 0 unspecified atom stereocenters. The van der Waals surface area contributed by atoms with Crippen LogP contribution in [0.15, 0.2) is 36.4 Å². The van der Waals surface area contributed by atoms with Gasteiger partial charge in [-0.3, -0.25) is 4.79 Å². The molecule has 1 amide bonds. The number of hydrogen-bond donors (Lipinski definition) is 1. The molecular weight excluding hydrogens is 358 g/mol. The average molecular weight is 379 g/mol. The van der Waals surface area contributed by atoms with Gasteiger partial charge in [-0.05, 0) is 61.2 Å². The van der Waals surface area contributed by atoms with Crippen LogP contribution in [0.25, 0.3) is 10.2 Å². The summed E-state index contributed by atoms with van der Waals surface area (Å²) in [5.41, 5.74) is 3.48. The fraction of sp³-hybridized carbons (Fsp3) is 0.333. The van der Waals surface area contributed by atoms with Crippen molar-refractivity contribution in [3.8, 4) is 5.75 Å². The predicted molar refractivity (Wildman–Crippen MR) is 109 cm³/mol. The zero-order chi connectivity index (χ0) is 18.2. The average Bonchev–Trinajstić information content (AvgIpc) is 3.34. The van der Waals surface area contributed by atoms with Crippen molar-refractivity contribution in [2.45, 2.75) is 25.7 Å². The highest BCUT2D eigenvalue weighted by molar-refractivity contribution is 7.22. The van der Waals surface area contributed by atoms with Crippen molar-refractivity contribution < 1.29 is 9.53 Å². The van der Waals surface area contributed by atoms with Crippen molar-refractivity contribution in [2.24, 2.45) is 0 Å². The first-order valence-corrected chi connectivity index (χ1v) is 10.3. The Morgan fingerprint density at radius 3 is 2.89 bits per heavy atom. The SMILES string of the molecule is O=C(Nc1ccc2sc(N3CCCCC3)nc2c1)c1ccc2c(c1)CCO2. The Hall–Kier alpha value is -2.60. The van der Waals surface area contributed by atoms with E-state index in [0.717, 1.165) is 51.9 Å². The van der Waals surface area contributed by atoms with E-state index in [9.17, 15) is 4.79 Å². The summed E-state index contributed by atoms with van der Waals surface area (Å²) in [5, 5.41) is 4.09. The third-order valence-electron chi connectivity index (χ3n) is 5.21. The molecule has 0 radical (unpaired) electrons. The fourth-order valence-corrected chi connectivity index (χ4v) is 4.74. The monoisotopic (exact) mass is 379 g/mol. The standard InChI is InChI=1S/C21H21N3O2S/c25-20(15-4-6-18-14(12-15)8-11-26-18)22-16-5-7-19-17(13-16)23-21(27-19)24-9-2-1-3-10-24/h4-7,12-13H,1-3,8-11H2,(H,22,25). The second-order valence-corrected chi connectivity index (χ2v) is 8.11. The predicted octanol–water partition coefficient (Wildman–Crippen LogP) is 4.47. The molecule has 0 atom stereocenters. The molecule has 1 aromatic heterocycles. The smallest absolute Gasteiger partial charge is 0.255 e. The van der Waals surface area contributed by atoms with Crippen molar-refractivity contribution in [2.75, 3.05) is 29.9 Å². The normalized spacial score (nSPS) is 16.2. The molecule has 2 aromatic carbocycles. The van der Waals surface area contributed by atoms with Gasteiger partial charge in [0.05, 0.1) is 16.8 Å². The number of rotatable bonds is 3. The van der Waals surface area contributed by atoms with Crippen LogP contribution in [0.3, 0.4) is 0 Å². The van der Waals surface area contributed by atoms with Crippen LogP contribution in [0.1, 0.15) is 35.2 Å².